The van der Waals surface area contributed by atoms with Crippen molar-refractivity contribution in [2.75, 3.05) is 6.61 Å². The fraction of sp³-hybridized carbons (Fsp3) is 0.464. The number of carbonyl (C=O) groups excluding carboxylic acids is 2. The average Bonchev–Trinajstić information content (AvgIpc) is 3.10. The maximum Gasteiger partial charge on any atom is 0.407 e. The molecule has 2 amide bonds. The number of nitrogens with one attached hydrogen (secondary N) is 2. The molecule has 2 atom stereocenters. The molecule has 188 valence electrons. The number of amides is 2. The van der Waals surface area contributed by atoms with Crippen LogP contribution in [-0.4, -0.2) is 41.8 Å². The Morgan fingerprint density at radius 3 is 2.06 bits per heavy atom. The van der Waals surface area contributed by atoms with E-state index in [1.807, 2.05) is 52.0 Å². The second kappa shape index (κ2) is 11.4. The predicted octanol–water partition coefficient (Wildman–Crippen LogP) is 5.09. The third-order valence-corrected chi connectivity index (χ3v) is 6.18. The van der Waals surface area contributed by atoms with Gasteiger partial charge in [-0.05, 0) is 40.5 Å². The van der Waals surface area contributed by atoms with Crippen LogP contribution in [0.2, 0.25) is 0 Å². The lowest BCUT2D eigenvalue weighted by Gasteiger charge is -2.25. The summed E-state index contributed by atoms with van der Waals surface area (Å²) in [6, 6.07) is 14.8. The SMILES string of the molecule is CCC[C@H](CC(=O)NC(CC(C)(C)C)C(=O)O)NC(=O)OCC1c2ccccc2-c2ccccc21. The molecule has 0 fully saturated rings. The molecule has 1 aliphatic rings. The minimum atomic E-state index is -1.06. The Kier molecular flexibility index (Phi) is 8.54. The van der Waals surface area contributed by atoms with Crippen LogP contribution in [-0.2, 0) is 14.3 Å². The quantitative estimate of drug-likeness (QED) is 0.439. The number of rotatable bonds is 10. The maximum absolute atomic E-state index is 12.6. The van der Waals surface area contributed by atoms with E-state index in [9.17, 15) is 19.5 Å². The monoisotopic (exact) mass is 480 g/mol. The number of benzene rings is 2. The van der Waals surface area contributed by atoms with Crippen molar-refractivity contribution in [3.8, 4) is 11.1 Å². The van der Waals surface area contributed by atoms with Crippen molar-refractivity contribution in [3.63, 3.8) is 0 Å². The van der Waals surface area contributed by atoms with E-state index in [0.29, 0.717) is 12.8 Å². The highest BCUT2D eigenvalue weighted by atomic mass is 16.5. The number of aliphatic carboxylic acids is 1. The van der Waals surface area contributed by atoms with Crippen molar-refractivity contribution in [1.82, 2.24) is 10.6 Å². The van der Waals surface area contributed by atoms with Crippen LogP contribution in [0.5, 0.6) is 0 Å². The molecule has 2 aromatic carbocycles. The summed E-state index contributed by atoms with van der Waals surface area (Å²) in [7, 11) is 0. The molecule has 0 radical (unpaired) electrons. The van der Waals surface area contributed by atoms with Crippen molar-refractivity contribution in [1.29, 1.82) is 0 Å². The van der Waals surface area contributed by atoms with Crippen molar-refractivity contribution in [2.45, 2.75) is 71.4 Å². The molecule has 1 unspecified atom stereocenters. The molecule has 0 heterocycles. The molecular formula is C28H36N2O5. The van der Waals surface area contributed by atoms with Crippen LogP contribution in [0.1, 0.15) is 70.4 Å². The number of ether oxygens (including phenoxy) is 1. The number of fused-ring (bicyclic) bond motifs is 3. The van der Waals surface area contributed by atoms with E-state index < -0.39 is 30.1 Å². The first kappa shape index (κ1) is 26.3. The summed E-state index contributed by atoms with van der Waals surface area (Å²) in [5, 5.41) is 14.9. The van der Waals surface area contributed by atoms with Gasteiger partial charge in [0.2, 0.25) is 5.91 Å². The fourth-order valence-electron chi connectivity index (χ4n) is 4.67. The van der Waals surface area contributed by atoms with Gasteiger partial charge < -0.3 is 20.5 Å². The number of hydrogen-bond donors (Lipinski definition) is 3. The van der Waals surface area contributed by atoms with Gasteiger partial charge in [-0.1, -0.05) is 82.6 Å². The molecule has 0 saturated carbocycles. The van der Waals surface area contributed by atoms with E-state index in [2.05, 4.69) is 34.9 Å². The minimum absolute atomic E-state index is 0.00798. The van der Waals surface area contributed by atoms with Crippen LogP contribution in [0.3, 0.4) is 0 Å². The lowest BCUT2D eigenvalue weighted by atomic mass is 9.88. The fourth-order valence-corrected chi connectivity index (χ4v) is 4.67. The van der Waals surface area contributed by atoms with Gasteiger partial charge >= 0.3 is 12.1 Å². The predicted molar refractivity (Wildman–Crippen MR) is 135 cm³/mol. The number of hydrogen-bond acceptors (Lipinski definition) is 4. The molecule has 1 aliphatic carbocycles. The van der Waals surface area contributed by atoms with Gasteiger partial charge in [0.25, 0.3) is 0 Å². The van der Waals surface area contributed by atoms with E-state index in [-0.39, 0.29) is 24.4 Å². The highest BCUT2D eigenvalue weighted by molar-refractivity contribution is 5.84. The van der Waals surface area contributed by atoms with Gasteiger partial charge in [0.15, 0.2) is 0 Å². The third-order valence-electron chi connectivity index (χ3n) is 6.18. The van der Waals surface area contributed by atoms with Gasteiger partial charge in [-0.25, -0.2) is 9.59 Å². The Bertz CT molecular complexity index is 1010. The number of carbonyl (C=O) groups is 3. The molecule has 3 rings (SSSR count). The molecule has 7 heteroatoms. The Balaban J connectivity index is 1.58. The summed E-state index contributed by atoms with van der Waals surface area (Å²) in [5.74, 6) is -1.52. The molecule has 3 N–H and O–H groups in total. The zero-order valence-corrected chi connectivity index (χ0v) is 21.0. The summed E-state index contributed by atoms with van der Waals surface area (Å²) >= 11 is 0. The standard InChI is InChI=1S/C28H36N2O5/c1-5-10-18(15-25(31)30-24(26(32)33)16-28(2,3)4)29-27(34)35-17-23-21-13-8-6-11-19(21)20-12-7-9-14-22(20)23/h6-9,11-14,18,23-24H,5,10,15-17H2,1-4H3,(H,29,34)(H,30,31)(H,32,33)/t18-,24?/m1/s1. The lowest BCUT2D eigenvalue weighted by molar-refractivity contribution is -0.142. The second-order valence-electron chi connectivity index (χ2n) is 10.4. The van der Waals surface area contributed by atoms with E-state index in [1.165, 1.54) is 0 Å². The maximum atomic E-state index is 12.6. The molecule has 0 spiro atoms. The Hall–Kier alpha value is -3.35. The van der Waals surface area contributed by atoms with E-state index in [0.717, 1.165) is 28.7 Å². The Labute approximate surface area is 207 Å². The van der Waals surface area contributed by atoms with Crippen LogP contribution < -0.4 is 10.6 Å². The van der Waals surface area contributed by atoms with Crippen molar-refractivity contribution >= 4 is 18.0 Å². The van der Waals surface area contributed by atoms with Crippen LogP contribution >= 0.6 is 0 Å². The zero-order chi connectivity index (χ0) is 25.6. The summed E-state index contributed by atoms with van der Waals surface area (Å²) < 4.78 is 5.61. The van der Waals surface area contributed by atoms with Crippen molar-refractivity contribution < 1.29 is 24.2 Å². The summed E-state index contributed by atoms with van der Waals surface area (Å²) in [6.45, 7) is 7.93. The molecule has 35 heavy (non-hydrogen) atoms. The van der Waals surface area contributed by atoms with Gasteiger partial charge in [0.05, 0.1) is 0 Å². The number of alkyl carbamates (subject to hydrolysis) is 1. The molecule has 0 saturated heterocycles. The molecule has 0 aromatic heterocycles. The normalized spacial score (nSPS) is 14.4. The smallest absolute Gasteiger partial charge is 0.407 e. The van der Waals surface area contributed by atoms with Gasteiger partial charge in [-0.3, -0.25) is 4.79 Å². The van der Waals surface area contributed by atoms with Gasteiger partial charge in [0.1, 0.15) is 12.6 Å². The average molecular weight is 481 g/mol. The van der Waals surface area contributed by atoms with E-state index in [1.54, 1.807) is 0 Å². The number of carboxylic acid groups (broad SMARTS) is 1. The van der Waals surface area contributed by atoms with Gasteiger partial charge in [-0.15, -0.1) is 0 Å². The molecule has 0 bridgehead atoms. The Morgan fingerprint density at radius 2 is 1.54 bits per heavy atom. The third kappa shape index (κ3) is 7.07. The summed E-state index contributed by atoms with van der Waals surface area (Å²) in [4.78, 5) is 36.8. The molecular weight excluding hydrogens is 444 g/mol. The van der Waals surface area contributed by atoms with Crippen molar-refractivity contribution in [2.24, 2.45) is 5.41 Å². The van der Waals surface area contributed by atoms with Gasteiger partial charge in [-0.2, -0.15) is 0 Å². The van der Waals surface area contributed by atoms with E-state index in [4.69, 9.17) is 4.74 Å². The highest BCUT2D eigenvalue weighted by Gasteiger charge is 2.30. The molecule has 7 nitrogen and oxygen atoms in total. The Morgan fingerprint density at radius 1 is 0.971 bits per heavy atom. The number of carboxylic acids is 1. The van der Waals surface area contributed by atoms with Crippen LogP contribution in [0.4, 0.5) is 4.79 Å². The molecule has 2 aromatic rings. The topological polar surface area (TPSA) is 105 Å². The first-order valence-corrected chi connectivity index (χ1v) is 12.2. The molecule has 0 aliphatic heterocycles. The second-order valence-corrected chi connectivity index (χ2v) is 10.4. The van der Waals surface area contributed by atoms with Crippen LogP contribution in [0, 0.1) is 5.41 Å². The summed E-state index contributed by atoms with van der Waals surface area (Å²) in [6.07, 6.45) is 1.06. The zero-order valence-electron chi connectivity index (χ0n) is 21.0. The lowest BCUT2D eigenvalue weighted by Crippen LogP contribution is -2.46. The van der Waals surface area contributed by atoms with Crippen LogP contribution in [0.25, 0.3) is 11.1 Å². The first-order valence-electron chi connectivity index (χ1n) is 12.2. The van der Waals surface area contributed by atoms with Gasteiger partial charge in [0, 0.05) is 18.4 Å². The van der Waals surface area contributed by atoms with Crippen molar-refractivity contribution in [3.05, 3.63) is 59.7 Å². The minimum Gasteiger partial charge on any atom is -0.480 e. The summed E-state index contributed by atoms with van der Waals surface area (Å²) in [5.41, 5.74) is 4.31. The highest BCUT2D eigenvalue weighted by Crippen LogP contribution is 2.44. The largest absolute Gasteiger partial charge is 0.480 e. The van der Waals surface area contributed by atoms with E-state index >= 15 is 0 Å². The van der Waals surface area contributed by atoms with Crippen LogP contribution in [0.15, 0.2) is 48.5 Å². The first-order chi connectivity index (χ1) is 16.6.